The van der Waals surface area contributed by atoms with Crippen molar-refractivity contribution in [2.24, 2.45) is 0 Å². The van der Waals surface area contributed by atoms with E-state index in [9.17, 15) is 0 Å². The van der Waals surface area contributed by atoms with Crippen LogP contribution in [0.3, 0.4) is 0 Å². The van der Waals surface area contributed by atoms with Crippen LogP contribution in [-0.2, 0) is 20.9 Å². The first-order valence-corrected chi connectivity index (χ1v) is 22.5. The number of allylic oxidation sites excluding steroid dienone is 1. The van der Waals surface area contributed by atoms with Crippen molar-refractivity contribution in [3.63, 3.8) is 0 Å². The zero-order valence-electron chi connectivity index (χ0n) is 22.6. The van der Waals surface area contributed by atoms with Gasteiger partial charge in [0.15, 0.2) is 0 Å². The monoisotopic (exact) mass is 649 g/mol. The molecular formula is C36H29Cl2SiZr. The third kappa shape index (κ3) is 3.87. The molecule has 0 bridgehead atoms. The van der Waals surface area contributed by atoms with Crippen LogP contribution < -0.4 is 38.5 Å². The maximum Gasteiger partial charge on any atom is -1.00 e. The van der Waals surface area contributed by atoms with E-state index in [2.05, 4.69) is 129 Å². The van der Waals surface area contributed by atoms with Crippen LogP contribution in [0.15, 0.2) is 115 Å². The quantitative estimate of drug-likeness (QED) is 0.254. The molecule has 2 aliphatic heterocycles. The molecule has 0 saturated carbocycles. The van der Waals surface area contributed by atoms with Crippen molar-refractivity contribution in [2.75, 3.05) is 0 Å². The Hall–Kier alpha value is -2.48. The Balaban J connectivity index is 0.00000145. The maximum atomic E-state index is 2.62. The molecule has 0 radical (unpaired) electrons. The van der Waals surface area contributed by atoms with E-state index in [1.807, 2.05) is 8.46 Å². The summed E-state index contributed by atoms with van der Waals surface area (Å²) in [5.74, 6) is -1.08. The Labute approximate surface area is 258 Å². The summed E-state index contributed by atoms with van der Waals surface area (Å²) >= 11 is -1.98. The van der Waals surface area contributed by atoms with Gasteiger partial charge in [-0.3, -0.25) is 0 Å². The maximum absolute atomic E-state index is 2.62. The molecule has 5 aromatic rings. The zero-order chi connectivity index (χ0) is 25.4. The van der Waals surface area contributed by atoms with Crippen molar-refractivity contribution in [3.8, 4) is 33.4 Å². The summed E-state index contributed by atoms with van der Waals surface area (Å²) in [4.78, 5) is 0. The van der Waals surface area contributed by atoms with Crippen LogP contribution in [0, 0.1) is 6.92 Å². The van der Waals surface area contributed by atoms with Gasteiger partial charge in [0.25, 0.3) is 0 Å². The number of fused-ring (bicyclic) bond motifs is 4. The molecule has 0 saturated heterocycles. The molecule has 0 spiro atoms. The molecular weight excluding hydrogens is 623 g/mol. The molecule has 0 N–H and O–H groups in total. The normalized spacial score (nSPS) is 17.1. The Kier molecular flexibility index (Phi) is 7.43. The van der Waals surface area contributed by atoms with E-state index < -0.39 is 26.8 Å². The van der Waals surface area contributed by atoms with Gasteiger partial charge in [-0.2, -0.15) is 0 Å². The summed E-state index contributed by atoms with van der Waals surface area (Å²) in [6.45, 7) is 4.66. The standard InChI is InChI=1S/C24H21.C12H8Si.2ClH.Zr/c1-3-18-15-20-13-14-22(19-10-5-4-6-11-19)24(23(20)16-18)21-12-8-7-9-17(21)2;1-3-7-11-9(5-1)10-6-2-4-8-12(10)13-11;;;/h4-16H,3H2,1-2H3;1-7,13H;2*1H;/q;;;;+2/p-2. The van der Waals surface area contributed by atoms with Gasteiger partial charge < -0.3 is 24.8 Å². The van der Waals surface area contributed by atoms with Crippen LogP contribution >= 0.6 is 0 Å². The van der Waals surface area contributed by atoms with E-state index in [0.29, 0.717) is 3.63 Å². The number of hydrogen-bond acceptors (Lipinski definition) is 0. The first-order chi connectivity index (χ1) is 18.8. The Bertz CT molecular complexity index is 1790. The topological polar surface area (TPSA) is 0 Å². The Morgan fingerprint density at radius 3 is 2.15 bits per heavy atom. The van der Waals surface area contributed by atoms with Gasteiger partial charge in [0.05, 0.1) is 0 Å². The number of halogens is 2. The minimum absolute atomic E-state index is 0. The predicted molar refractivity (Wildman–Crippen MR) is 161 cm³/mol. The van der Waals surface area contributed by atoms with Gasteiger partial charge in [-0.1, -0.05) is 0 Å². The Morgan fingerprint density at radius 1 is 0.675 bits per heavy atom. The van der Waals surface area contributed by atoms with Gasteiger partial charge in [-0.15, -0.1) is 0 Å². The Morgan fingerprint density at radius 2 is 1.38 bits per heavy atom. The fraction of sp³-hybridized carbons (Fsp3) is 0.111. The van der Waals surface area contributed by atoms with Gasteiger partial charge in [0, 0.05) is 0 Å². The fourth-order valence-corrected chi connectivity index (χ4v) is 33.8. The van der Waals surface area contributed by atoms with Crippen molar-refractivity contribution in [3.05, 3.63) is 131 Å². The van der Waals surface area contributed by atoms with E-state index in [1.165, 1.54) is 33.4 Å². The number of benzene rings is 5. The van der Waals surface area contributed by atoms with Gasteiger partial charge in [0.2, 0.25) is 0 Å². The van der Waals surface area contributed by atoms with Gasteiger partial charge in [-0.25, -0.2) is 0 Å². The molecule has 0 aromatic heterocycles. The molecule has 2 heterocycles. The smallest absolute Gasteiger partial charge is 1.00 e. The molecule has 4 heteroatoms. The first kappa shape index (κ1) is 27.7. The average molecular weight is 652 g/mol. The number of hydrogen-bond donors (Lipinski definition) is 0. The average Bonchev–Trinajstić information content (AvgIpc) is 3.48. The molecule has 5 aromatic carbocycles. The molecule has 40 heavy (non-hydrogen) atoms. The van der Waals surface area contributed by atoms with Crippen molar-refractivity contribution in [1.29, 1.82) is 0 Å². The first-order valence-electron chi connectivity index (χ1n) is 13.8. The fourth-order valence-electron chi connectivity index (χ4n) is 7.42. The summed E-state index contributed by atoms with van der Waals surface area (Å²) in [5, 5.41) is 3.56. The van der Waals surface area contributed by atoms with E-state index >= 15 is 0 Å². The van der Waals surface area contributed by atoms with Crippen molar-refractivity contribution in [2.45, 2.75) is 23.9 Å². The molecule has 0 nitrogen and oxygen atoms in total. The predicted octanol–water partition coefficient (Wildman–Crippen LogP) is 0.961. The van der Waals surface area contributed by atoms with Crippen LogP contribution in [0.4, 0.5) is 0 Å². The van der Waals surface area contributed by atoms with Gasteiger partial charge in [0.1, 0.15) is 0 Å². The van der Waals surface area contributed by atoms with Gasteiger partial charge in [-0.05, 0) is 0 Å². The van der Waals surface area contributed by atoms with E-state index in [0.717, 1.165) is 6.42 Å². The number of aryl methyl sites for hydroxylation is 1. The molecule has 2 unspecified atom stereocenters. The molecule has 3 aliphatic rings. The van der Waals surface area contributed by atoms with Crippen molar-refractivity contribution < 1.29 is 45.7 Å². The van der Waals surface area contributed by atoms with Gasteiger partial charge >= 0.3 is 235 Å². The van der Waals surface area contributed by atoms with Crippen LogP contribution in [0.5, 0.6) is 0 Å². The molecule has 195 valence electrons. The van der Waals surface area contributed by atoms with Crippen molar-refractivity contribution in [1.82, 2.24) is 0 Å². The third-order valence-electron chi connectivity index (χ3n) is 9.09. The van der Waals surface area contributed by atoms with Crippen LogP contribution in [0.25, 0.3) is 39.5 Å². The van der Waals surface area contributed by atoms with E-state index in [1.54, 1.807) is 27.5 Å². The van der Waals surface area contributed by atoms with Crippen LogP contribution in [-0.4, -0.2) is 5.92 Å². The summed E-state index contributed by atoms with van der Waals surface area (Å²) in [5.41, 5.74) is 14.8. The third-order valence-corrected chi connectivity index (χ3v) is 31.4. The molecule has 2 atom stereocenters. The molecule has 8 rings (SSSR count). The molecule has 0 amide bonds. The summed E-state index contributed by atoms with van der Waals surface area (Å²) < 4.78 is 2.50. The van der Waals surface area contributed by atoms with E-state index in [-0.39, 0.29) is 24.8 Å². The van der Waals surface area contributed by atoms with Crippen LogP contribution in [0.1, 0.15) is 33.7 Å². The second-order valence-corrected chi connectivity index (χ2v) is 25.9. The minimum atomic E-state index is -1.98. The van der Waals surface area contributed by atoms with Crippen molar-refractivity contribution >= 4 is 25.6 Å². The largest absolute Gasteiger partial charge is 1.00 e. The van der Waals surface area contributed by atoms with Crippen LogP contribution in [0.2, 0.25) is 0 Å². The summed E-state index contributed by atoms with van der Waals surface area (Å²) in [6.07, 6.45) is 3.77. The van der Waals surface area contributed by atoms with E-state index in [4.69, 9.17) is 0 Å². The zero-order valence-corrected chi connectivity index (χ0v) is 27.7. The summed E-state index contributed by atoms with van der Waals surface area (Å²) in [7, 11) is 0. The molecule has 0 fully saturated rings. The number of rotatable bonds is 4. The SMILES string of the molecule is CCC1=Cc2c(ccc(-c3ccccc3)c2-c2ccccc2C)[CH]1[Zr+2]1[c]2cccc3c2[SiH]1c1ccccc1-3.[Cl-].[Cl-]. The summed E-state index contributed by atoms with van der Waals surface area (Å²) in [6, 6.07) is 41.6. The molecule has 1 aliphatic carbocycles. The second-order valence-electron chi connectivity index (χ2n) is 10.9. The minimum Gasteiger partial charge on any atom is -1.00 e. The second kappa shape index (κ2) is 10.7.